The number of fused-ring (bicyclic) bond motifs is 3. The Morgan fingerprint density at radius 1 is 1.17 bits per heavy atom. The molecule has 1 atom stereocenters. The Morgan fingerprint density at radius 3 is 2.67 bits per heavy atom. The minimum atomic E-state index is 0.172. The van der Waals surface area contributed by atoms with Crippen molar-refractivity contribution in [2.75, 3.05) is 31.1 Å². The van der Waals surface area contributed by atoms with E-state index in [0.717, 1.165) is 59.8 Å². The van der Waals surface area contributed by atoms with Crippen molar-refractivity contribution in [3.05, 3.63) is 34.5 Å². The second-order valence-corrected chi connectivity index (χ2v) is 7.07. The maximum Gasteiger partial charge on any atom is 0.176 e. The largest absolute Gasteiger partial charge is 0.351 e. The van der Waals surface area contributed by atoms with E-state index in [1.54, 1.807) is 0 Å². The van der Waals surface area contributed by atoms with Gasteiger partial charge in [-0.05, 0) is 44.0 Å². The second kappa shape index (κ2) is 5.90. The number of benzene rings is 1. The van der Waals surface area contributed by atoms with E-state index >= 15 is 0 Å². The van der Waals surface area contributed by atoms with E-state index in [2.05, 4.69) is 42.1 Å². The van der Waals surface area contributed by atoms with Crippen molar-refractivity contribution in [3.63, 3.8) is 0 Å². The molecule has 1 fully saturated rings. The van der Waals surface area contributed by atoms with E-state index in [9.17, 15) is 0 Å². The average molecular weight is 344 g/mol. The fourth-order valence-corrected chi connectivity index (χ4v) is 3.63. The van der Waals surface area contributed by atoms with Gasteiger partial charge in [0.1, 0.15) is 0 Å². The summed E-state index contributed by atoms with van der Waals surface area (Å²) in [5.41, 5.74) is 4.34. The molecule has 4 rings (SSSR count). The minimum Gasteiger partial charge on any atom is -0.351 e. The smallest absolute Gasteiger partial charge is 0.176 e. The zero-order valence-corrected chi connectivity index (χ0v) is 15.1. The van der Waals surface area contributed by atoms with Gasteiger partial charge in [0.2, 0.25) is 0 Å². The lowest BCUT2D eigenvalue weighted by Gasteiger charge is -2.39. The number of hydrogen-bond acceptors (Lipinski definition) is 5. The molecule has 1 N–H and O–H groups in total. The number of aryl methyl sites for hydroxylation is 1. The zero-order valence-electron chi connectivity index (χ0n) is 14.3. The lowest BCUT2D eigenvalue weighted by atomic mass is 10.1. The summed E-state index contributed by atoms with van der Waals surface area (Å²) in [4.78, 5) is 14.4. The van der Waals surface area contributed by atoms with Gasteiger partial charge in [-0.3, -0.25) is 9.89 Å². The molecule has 3 heterocycles. The molecule has 1 aromatic carbocycles. The molecule has 0 aliphatic carbocycles. The maximum atomic E-state index is 6.31. The highest BCUT2D eigenvalue weighted by Crippen LogP contribution is 2.40. The van der Waals surface area contributed by atoms with Gasteiger partial charge in [0.05, 0.1) is 17.4 Å². The summed E-state index contributed by atoms with van der Waals surface area (Å²) in [6, 6.07) is 4.13. The van der Waals surface area contributed by atoms with Crippen LogP contribution in [0.5, 0.6) is 0 Å². The first-order valence-electron chi connectivity index (χ1n) is 8.45. The molecule has 1 unspecified atom stereocenters. The highest BCUT2D eigenvalue weighted by molar-refractivity contribution is 6.48. The Kier molecular flexibility index (Phi) is 3.85. The summed E-state index contributed by atoms with van der Waals surface area (Å²) >= 11 is 6.31. The summed E-state index contributed by atoms with van der Waals surface area (Å²) in [6.45, 7) is 10.2. The van der Waals surface area contributed by atoms with E-state index in [1.165, 1.54) is 5.57 Å². The number of rotatable bonds is 0. The number of aliphatic imine (C=N–C) groups is 2. The average Bonchev–Trinajstić information content (AvgIpc) is 2.56. The summed E-state index contributed by atoms with van der Waals surface area (Å²) in [6.07, 6.45) is 2.18. The third-order valence-corrected chi connectivity index (χ3v) is 5.09. The van der Waals surface area contributed by atoms with Crippen LogP contribution < -0.4 is 10.2 Å². The zero-order chi connectivity index (χ0) is 16.8. The van der Waals surface area contributed by atoms with Crippen LogP contribution in [0, 0.1) is 6.92 Å². The predicted molar refractivity (Wildman–Crippen MR) is 101 cm³/mol. The first-order valence-corrected chi connectivity index (χ1v) is 8.82. The molecule has 1 saturated heterocycles. The van der Waals surface area contributed by atoms with Crippen molar-refractivity contribution in [1.82, 2.24) is 10.2 Å². The normalized spacial score (nSPS) is 23.2. The number of anilines is 1. The molecule has 126 valence electrons. The van der Waals surface area contributed by atoms with Crippen LogP contribution in [0.4, 0.5) is 11.4 Å². The molecule has 0 spiro atoms. The minimum absolute atomic E-state index is 0.172. The predicted octanol–water partition coefficient (Wildman–Crippen LogP) is 3.11. The van der Waals surface area contributed by atoms with Crippen LogP contribution in [0.2, 0.25) is 5.02 Å². The van der Waals surface area contributed by atoms with Crippen LogP contribution in [-0.4, -0.2) is 48.8 Å². The lowest BCUT2D eigenvalue weighted by molar-refractivity contribution is 0.360. The Hall–Kier alpha value is -1.85. The van der Waals surface area contributed by atoms with E-state index in [1.807, 2.05) is 12.1 Å². The molecule has 0 radical (unpaired) electrons. The molecule has 24 heavy (non-hydrogen) atoms. The number of nitrogens with one attached hydrogen (secondary N) is 1. The molecule has 5 nitrogen and oxygen atoms in total. The third kappa shape index (κ3) is 2.52. The molecule has 0 amide bonds. The number of hydrogen-bond donors (Lipinski definition) is 1. The quantitative estimate of drug-likeness (QED) is 0.787. The standard InChI is InChI=1S/C18H22ClN5/c1-11-8-14(19)9-15-16(11)22-17(23-6-4-20-5-7-23)18-21-13(3)12(2)10-24(15)18/h8-10,13,20H,4-7H2,1-3H3. The lowest BCUT2D eigenvalue weighted by Crippen LogP contribution is -2.53. The molecule has 0 aromatic heterocycles. The highest BCUT2D eigenvalue weighted by Gasteiger charge is 2.33. The number of nitrogens with zero attached hydrogens (tertiary/aromatic N) is 4. The first-order chi connectivity index (χ1) is 11.5. The van der Waals surface area contributed by atoms with Crippen LogP contribution >= 0.6 is 11.6 Å². The SMILES string of the molecule is CC1=CN2C(=NC1C)C(N1CCNCC1)=Nc1c(C)cc(Cl)cc12. The van der Waals surface area contributed by atoms with E-state index in [0.29, 0.717) is 0 Å². The van der Waals surface area contributed by atoms with E-state index < -0.39 is 0 Å². The summed E-state index contributed by atoms with van der Waals surface area (Å²) in [7, 11) is 0. The topological polar surface area (TPSA) is 43.2 Å². The first kappa shape index (κ1) is 15.7. The van der Waals surface area contributed by atoms with Crippen molar-refractivity contribution in [1.29, 1.82) is 0 Å². The van der Waals surface area contributed by atoms with Gasteiger partial charge in [-0.1, -0.05) is 11.6 Å². The molecular formula is C18H22ClN5. The molecular weight excluding hydrogens is 322 g/mol. The van der Waals surface area contributed by atoms with Gasteiger partial charge < -0.3 is 10.2 Å². The molecule has 0 bridgehead atoms. The van der Waals surface area contributed by atoms with Crippen molar-refractivity contribution in [2.45, 2.75) is 26.8 Å². The van der Waals surface area contributed by atoms with Crippen LogP contribution in [0.3, 0.4) is 0 Å². The van der Waals surface area contributed by atoms with Crippen molar-refractivity contribution >= 4 is 34.6 Å². The third-order valence-electron chi connectivity index (χ3n) is 4.87. The maximum absolute atomic E-state index is 6.31. The Bertz CT molecular complexity index is 774. The number of piperazine rings is 1. The van der Waals surface area contributed by atoms with Crippen molar-refractivity contribution in [2.24, 2.45) is 9.98 Å². The molecule has 0 saturated carbocycles. The van der Waals surface area contributed by atoms with Gasteiger partial charge in [0.15, 0.2) is 11.7 Å². The fourth-order valence-electron chi connectivity index (χ4n) is 3.36. The van der Waals surface area contributed by atoms with Crippen LogP contribution in [0.25, 0.3) is 0 Å². The number of amidine groups is 2. The van der Waals surface area contributed by atoms with Crippen molar-refractivity contribution in [3.8, 4) is 0 Å². The monoisotopic (exact) mass is 343 g/mol. The van der Waals surface area contributed by atoms with Gasteiger partial charge in [-0.2, -0.15) is 0 Å². The fraction of sp³-hybridized carbons (Fsp3) is 0.444. The van der Waals surface area contributed by atoms with Gasteiger partial charge in [0.25, 0.3) is 0 Å². The van der Waals surface area contributed by atoms with Crippen LogP contribution in [0.15, 0.2) is 33.9 Å². The van der Waals surface area contributed by atoms with Crippen molar-refractivity contribution < 1.29 is 0 Å². The van der Waals surface area contributed by atoms with Gasteiger partial charge >= 0.3 is 0 Å². The second-order valence-electron chi connectivity index (χ2n) is 6.63. The van der Waals surface area contributed by atoms with Gasteiger partial charge in [-0.25, -0.2) is 4.99 Å². The van der Waals surface area contributed by atoms with Crippen LogP contribution in [-0.2, 0) is 0 Å². The van der Waals surface area contributed by atoms with Gasteiger partial charge in [0, 0.05) is 37.4 Å². The van der Waals surface area contributed by atoms with E-state index in [-0.39, 0.29) is 6.04 Å². The Balaban J connectivity index is 1.89. The number of halogens is 1. The summed E-state index contributed by atoms with van der Waals surface area (Å²) in [5.74, 6) is 1.91. The van der Waals surface area contributed by atoms with E-state index in [4.69, 9.17) is 21.6 Å². The Labute approximate surface area is 147 Å². The summed E-state index contributed by atoms with van der Waals surface area (Å²) < 4.78 is 0. The Morgan fingerprint density at radius 2 is 1.92 bits per heavy atom. The molecule has 3 aliphatic rings. The van der Waals surface area contributed by atoms with Gasteiger partial charge in [-0.15, -0.1) is 0 Å². The van der Waals surface area contributed by atoms with Crippen LogP contribution in [0.1, 0.15) is 19.4 Å². The molecule has 6 heteroatoms. The molecule has 3 aliphatic heterocycles. The molecule has 1 aromatic rings. The summed E-state index contributed by atoms with van der Waals surface area (Å²) in [5, 5.41) is 4.13. The highest BCUT2D eigenvalue weighted by atomic mass is 35.5.